The van der Waals surface area contributed by atoms with Crippen LogP contribution in [0.3, 0.4) is 0 Å². The van der Waals surface area contributed by atoms with Crippen LogP contribution in [0.15, 0.2) is 40.6 Å². The van der Waals surface area contributed by atoms with E-state index >= 15 is 0 Å². The number of rotatable bonds is 7. The minimum Gasteiger partial charge on any atom is -0.351 e. The molecule has 1 fully saturated rings. The van der Waals surface area contributed by atoms with Gasteiger partial charge in [-0.2, -0.15) is 0 Å². The van der Waals surface area contributed by atoms with Crippen molar-refractivity contribution in [3.63, 3.8) is 0 Å². The fourth-order valence-corrected chi connectivity index (χ4v) is 5.51. The standard InChI is InChI=1S/C20H25N3O4S2/c1-15(24)21-14-18-8-9-19(28-18)29(26,27)22-13-16-6-5-7-17(12-16)20(25)23-10-3-2-4-11-23/h5-9,12,22H,2-4,10-11,13-14H2,1H3,(H,21,24). The molecule has 0 saturated carbocycles. The number of hydrogen-bond acceptors (Lipinski definition) is 5. The van der Waals surface area contributed by atoms with Crippen molar-refractivity contribution in [2.75, 3.05) is 13.1 Å². The van der Waals surface area contributed by atoms with E-state index < -0.39 is 10.0 Å². The molecule has 29 heavy (non-hydrogen) atoms. The van der Waals surface area contributed by atoms with Gasteiger partial charge in [0.1, 0.15) is 4.21 Å². The van der Waals surface area contributed by atoms with E-state index in [1.54, 1.807) is 30.3 Å². The Hall–Kier alpha value is -2.23. The van der Waals surface area contributed by atoms with Gasteiger partial charge in [-0.3, -0.25) is 9.59 Å². The number of likely N-dealkylation sites (tertiary alicyclic amines) is 1. The molecular weight excluding hydrogens is 410 g/mol. The average Bonchev–Trinajstić information content (AvgIpc) is 3.21. The number of carbonyl (C=O) groups is 2. The molecule has 0 radical (unpaired) electrons. The van der Waals surface area contributed by atoms with Gasteiger partial charge < -0.3 is 10.2 Å². The largest absolute Gasteiger partial charge is 0.351 e. The summed E-state index contributed by atoms with van der Waals surface area (Å²) in [6, 6.07) is 10.3. The first-order valence-corrected chi connectivity index (χ1v) is 11.9. The van der Waals surface area contributed by atoms with E-state index in [2.05, 4.69) is 10.0 Å². The summed E-state index contributed by atoms with van der Waals surface area (Å²) in [6.45, 7) is 3.36. The van der Waals surface area contributed by atoms with Crippen molar-refractivity contribution >= 4 is 33.2 Å². The lowest BCUT2D eigenvalue weighted by molar-refractivity contribution is -0.119. The molecule has 2 N–H and O–H groups in total. The highest BCUT2D eigenvalue weighted by Gasteiger charge is 2.19. The molecule has 1 aliphatic heterocycles. The molecule has 0 aliphatic carbocycles. The second kappa shape index (κ2) is 9.51. The minimum absolute atomic E-state index is 0.00437. The van der Waals surface area contributed by atoms with Gasteiger partial charge in [-0.15, -0.1) is 11.3 Å². The third-order valence-electron chi connectivity index (χ3n) is 4.70. The molecule has 156 valence electrons. The summed E-state index contributed by atoms with van der Waals surface area (Å²) in [4.78, 5) is 26.3. The maximum atomic E-state index is 12.6. The summed E-state index contributed by atoms with van der Waals surface area (Å²) < 4.78 is 27.9. The van der Waals surface area contributed by atoms with Crippen LogP contribution in [0, 0.1) is 0 Å². The van der Waals surface area contributed by atoms with Crippen LogP contribution in [0.2, 0.25) is 0 Å². The van der Waals surface area contributed by atoms with Gasteiger partial charge >= 0.3 is 0 Å². The van der Waals surface area contributed by atoms with Crippen LogP contribution in [0.4, 0.5) is 0 Å². The fraction of sp³-hybridized carbons (Fsp3) is 0.400. The lowest BCUT2D eigenvalue weighted by Gasteiger charge is -2.26. The normalized spacial score (nSPS) is 14.6. The van der Waals surface area contributed by atoms with Gasteiger partial charge in [0.15, 0.2) is 0 Å². The molecule has 3 rings (SSSR count). The number of carbonyl (C=O) groups excluding carboxylic acids is 2. The quantitative estimate of drug-likeness (QED) is 0.698. The summed E-state index contributed by atoms with van der Waals surface area (Å²) in [5.74, 6) is -0.171. The molecule has 1 aromatic carbocycles. The van der Waals surface area contributed by atoms with Crippen molar-refractivity contribution in [1.82, 2.24) is 14.9 Å². The van der Waals surface area contributed by atoms with Gasteiger partial charge in [-0.1, -0.05) is 12.1 Å². The molecule has 9 heteroatoms. The van der Waals surface area contributed by atoms with Crippen LogP contribution in [0.25, 0.3) is 0 Å². The van der Waals surface area contributed by atoms with Crippen LogP contribution < -0.4 is 10.0 Å². The van der Waals surface area contributed by atoms with E-state index in [9.17, 15) is 18.0 Å². The third kappa shape index (κ3) is 5.88. The average molecular weight is 436 g/mol. The lowest BCUT2D eigenvalue weighted by atomic mass is 10.1. The molecule has 2 heterocycles. The number of amides is 2. The van der Waals surface area contributed by atoms with Crippen molar-refractivity contribution < 1.29 is 18.0 Å². The summed E-state index contributed by atoms with van der Waals surface area (Å²) in [7, 11) is -3.67. The molecule has 1 aliphatic rings. The van der Waals surface area contributed by atoms with Crippen LogP contribution in [0.1, 0.15) is 47.0 Å². The van der Waals surface area contributed by atoms with Crippen molar-refractivity contribution in [2.45, 2.75) is 43.5 Å². The first kappa shape index (κ1) is 21.5. The Bertz CT molecular complexity index is 979. The third-order valence-corrected chi connectivity index (χ3v) is 7.68. The first-order chi connectivity index (χ1) is 13.8. The van der Waals surface area contributed by atoms with Crippen molar-refractivity contribution in [3.8, 4) is 0 Å². The molecule has 7 nitrogen and oxygen atoms in total. The summed E-state index contributed by atoms with van der Waals surface area (Å²) in [5.41, 5.74) is 1.31. The molecule has 2 aromatic rings. The lowest BCUT2D eigenvalue weighted by Crippen LogP contribution is -2.35. The molecule has 0 spiro atoms. The second-order valence-electron chi connectivity index (χ2n) is 7.01. The zero-order chi connectivity index (χ0) is 20.9. The highest BCUT2D eigenvalue weighted by atomic mass is 32.2. The van der Waals surface area contributed by atoms with Gasteiger partial charge in [0.2, 0.25) is 15.9 Å². The van der Waals surface area contributed by atoms with Gasteiger partial charge in [0, 0.05) is 37.0 Å². The Morgan fingerprint density at radius 2 is 1.83 bits per heavy atom. The number of sulfonamides is 1. The van der Waals surface area contributed by atoms with Crippen molar-refractivity contribution in [1.29, 1.82) is 0 Å². The van der Waals surface area contributed by atoms with E-state index in [-0.39, 0.29) is 22.6 Å². The van der Waals surface area contributed by atoms with E-state index in [0.29, 0.717) is 12.1 Å². The number of benzene rings is 1. The van der Waals surface area contributed by atoms with E-state index in [1.165, 1.54) is 13.0 Å². The van der Waals surface area contributed by atoms with E-state index in [1.807, 2.05) is 4.90 Å². The van der Waals surface area contributed by atoms with Crippen LogP contribution in [-0.4, -0.2) is 38.2 Å². The summed E-state index contributed by atoms with van der Waals surface area (Å²) in [5, 5.41) is 2.65. The summed E-state index contributed by atoms with van der Waals surface area (Å²) >= 11 is 1.12. The predicted octanol–water partition coefficient (Wildman–Crippen LogP) is 2.49. The fourth-order valence-electron chi connectivity index (χ4n) is 3.15. The maximum absolute atomic E-state index is 12.6. The topological polar surface area (TPSA) is 95.6 Å². The van der Waals surface area contributed by atoms with Gasteiger partial charge in [-0.05, 0) is 49.1 Å². The smallest absolute Gasteiger partial charge is 0.253 e. The zero-order valence-electron chi connectivity index (χ0n) is 16.3. The number of nitrogens with zero attached hydrogens (tertiary/aromatic N) is 1. The van der Waals surface area contributed by atoms with Crippen LogP contribution in [0.5, 0.6) is 0 Å². The number of piperidine rings is 1. The molecule has 2 amide bonds. The summed E-state index contributed by atoms with van der Waals surface area (Å²) in [6.07, 6.45) is 3.20. The molecule has 0 atom stereocenters. The molecule has 1 aromatic heterocycles. The van der Waals surface area contributed by atoms with Crippen molar-refractivity contribution in [3.05, 3.63) is 52.4 Å². The van der Waals surface area contributed by atoms with Crippen molar-refractivity contribution in [2.24, 2.45) is 0 Å². The Labute approximate surface area is 175 Å². The van der Waals surface area contributed by atoms with E-state index in [4.69, 9.17) is 0 Å². The number of thiophene rings is 1. The van der Waals surface area contributed by atoms with Crippen LogP contribution >= 0.6 is 11.3 Å². The van der Waals surface area contributed by atoms with Crippen LogP contribution in [-0.2, 0) is 27.9 Å². The highest BCUT2D eigenvalue weighted by Crippen LogP contribution is 2.22. The minimum atomic E-state index is -3.67. The van der Waals surface area contributed by atoms with Gasteiger partial charge in [0.05, 0.1) is 6.54 Å². The monoisotopic (exact) mass is 435 g/mol. The van der Waals surface area contributed by atoms with Gasteiger partial charge in [-0.25, -0.2) is 13.1 Å². The van der Waals surface area contributed by atoms with E-state index in [0.717, 1.165) is 54.1 Å². The molecule has 1 saturated heterocycles. The highest BCUT2D eigenvalue weighted by molar-refractivity contribution is 7.91. The first-order valence-electron chi connectivity index (χ1n) is 9.56. The molecular formula is C20H25N3O4S2. The Kier molecular flexibility index (Phi) is 7.05. The maximum Gasteiger partial charge on any atom is 0.253 e. The Morgan fingerprint density at radius 1 is 1.07 bits per heavy atom. The molecule has 0 unspecified atom stereocenters. The Balaban J connectivity index is 1.63. The van der Waals surface area contributed by atoms with Gasteiger partial charge in [0.25, 0.3) is 5.91 Å². The second-order valence-corrected chi connectivity index (χ2v) is 10.2. The number of nitrogens with one attached hydrogen (secondary N) is 2. The SMILES string of the molecule is CC(=O)NCc1ccc(S(=O)(=O)NCc2cccc(C(=O)N3CCCCC3)c2)s1. The number of hydrogen-bond donors (Lipinski definition) is 2. The predicted molar refractivity (Wildman–Crippen MR) is 112 cm³/mol. The Morgan fingerprint density at radius 3 is 2.55 bits per heavy atom. The molecule has 0 bridgehead atoms. The zero-order valence-corrected chi connectivity index (χ0v) is 17.9.